The Hall–Kier alpha value is -3.00. The van der Waals surface area contributed by atoms with Gasteiger partial charge < -0.3 is 15.4 Å². The first-order valence-electron chi connectivity index (χ1n) is 8.92. The Morgan fingerprint density at radius 3 is 2.46 bits per heavy atom. The van der Waals surface area contributed by atoms with Crippen molar-refractivity contribution in [2.75, 3.05) is 23.8 Å². The lowest BCUT2D eigenvalue weighted by atomic mass is 10.0. The van der Waals surface area contributed by atoms with Crippen LogP contribution in [0.2, 0.25) is 0 Å². The molecule has 0 heterocycles. The molecule has 0 aromatic heterocycles. The second-order valence-corrected chi connectivity index (χ2v) is 5.82. The standard InChI is InChI=1S/C21H25N3O2/c1-4-16-13-17(9-12-19(16)23-5-2)20(21(25)26-6-3)24-18-10-7-15(14-22)8-11-18/h7-13,20,23-24H,4-6H2,1-3H3. The van der Waals surface area contributed by atoms with Gasteiger partial charge in [-0.2, -0.15) is 5.26 Å². The normalized spacial score (nSPS) is 11.3. The van der Waals surface area contributed by atoms with Gasteiger partial charge in [0.1, 0.15) is 0 Å². The van der Waals surface area contributed by atoms with Crippen LogP contribution in [0.4, 0.5) is 11.4 Å². The number of anilines is 2. The van der Waals surface area contributed by atoms with Crippen LogP contribution in [0.3, 0.4) is 0 Å². The average Bonchev–Trinajstić information content (AvgIpc) is 2.67. The van der Waals surface area contributed by atoms with E-state index < -0.39 is 6.04 Å². The van der Waals surface area contributed by atoms with Crippen LogP contribution in [0.25, 0.3) is 0 Å². The van der Waals surface area contributed by atoms with E-state index in [9.17, 15) is 4.79 Å². The lowest BCUT2D eigenvalue weighted by Gasteiger charge is -2.21. The zero-order chi connectivity index (χ0) is 18.9. The highest BCUT2D eigenvalue weighted by atomic mass is 16.5. The second kappa shape index (κ2) is 9.47. The Labute approximate surface area is 155 Å². The van der Waals surface area contributed by atoms with Gasteiger partial charge >= 0.3 is 5.97 Å². The zero-order valence-corrected chi connectivity index (χ0v) is 15.5. The van der Waals surface area contributed by atoms with Crippen LogP contribution in [0.15, 0.2) is 42.5 Å². The van der Waals surface area contributed by atoms with Crippen molar-refractivity contribution in [3.8, 4) is 6.07 Å². The van der Waals surface area contributed by atoms with Gasteiger partial charge in [0.25, 0.3) is 0 Å². The quantitative estimate of drug-likeness (QED) is 0.695. The Morgan fingerprint density at radius 1 is 1.15 bits per heavy atom. The molecule has 0 aliphatic heterocycles. The number of nitriles is 1. The molecule has 2 N–H and O–H groups in total. The molecule has 0 saturated heterocycles. The molecule has 0 bridgehead atoms. The van der Waals surface area contributed by atoms with Gasteiger partial charge in [-0.3, -0.25) is 0 Å². The van der Waals surface area contributed by atoms with Gasteiger partial charge in [0.05, 0.1) is 18.2 Å². The van der Waals surface area contributed by atoms with E-state index in [1.165, 1.54) is 0 Å². The van der Waals surface area contributed by atoms with E-state index in [1.807, 2.05) is 18.2 Å². The van der Waals surface area contributed by atoms with E-state index in [0.29, 0.717) is 12.2 Å². The predicted octanol–water partition coefficient (Wildman–Crippen LogP) is 4.27. The van der Waals surface area contributed by atoms with Gasteiger partial charge in [-0.15, -0.1) is 0 Å². The van der Waals surface area contributed by atoms with E-state index in [2.05, 4.69) is 30.6 Å². The highest BCUT2D eigenvalue weighted by Crippen LogP contribution is 2.26. The minimum Gasteiger partial charge on any atom is -0.464 e. The highest BCUT2D eigenvalue weighted by Gasteiger charge is 2.22. The van der Waals surface area contributed by atoms with Crippen molar-refractivity contribution < 1.29 is 9.53 Å². The molecular weight excluding hydrogens is 326 g/mol. The van der Waals surface area contributed by atoms with Gasteiger partial charge in [0.2, 0.25) is 0 Å². The van der Waals surface area contributed by atoms with E-state index >= 15 is 0 Å². The molecule has 2 aromatic carbocycles. The van der Waals surface area contributed by atoms with Crippen LogP contribution in [-0.2, 0) is 16.0 Å². The van der Waals surface area contributed by atoms with Crippen LogP contribution >= 0.6 is 0 Å². The lowest BCUT2D eigenvalue weighted by molar-refractivity contribution is -0.144. The van der Waals surface area contributed by atoms with Crippen LogP contribution in [0.1, 0.15) is 43.5 Å². The molecule has 2 rings (SSSR count). The van der Waals surface area contributed by atoms with E-state index in [0.717, 1.165) is 35.5 Å². The Bertz CT molecular complexity index is 779. The Kier molecular flexibility index (Phi) is 7.04. The Balaban J connectivity index is 2.34. The molecule has 136 valence electrons. The van der Waals surface area contributed by atoms with E-state index in [-0.39, 0.29) is 5.97 Å². The van der Waals surface area contributed by atoms with Crippen molar-refractivity contribution in [3.63, 3.8) is 0 Å². The third-order valence-electron chi connectivity index (χ3n) is 4.06. The third-order valence-corrected chi connectivity index (χ3v) is 4.06. The average molecular weight is 351 g/mol. The molecule has 0 aliphatic rings. The van der Waals surface area contributed by atoms with Gasteiger partial charge in [-0.25, -0.2) is 4.79 Å². The number of aryl methyl sites for hydroxylation is 1. The smallest absolute Gasteiger partial charge is 0.333 e. The molecule has 2 aromatic rings. The minimum atomic E-state index is -0.608. The molecule has 0 saturated carbocycles. The van der Waals surface area contributed by atoms with E-state index in [4.69, 9.17) is 10.00 Å². The monoisotopic (exact) mass is 351 g/mol. The molecule has 0 amide bonds. The molecular formula is C21H25N3O2. The van der Waals surface area contributed by atoms with Crippen LogP contribution in [0.5, 0.6) is 0 Å². The van der Waals surface area contributed by atoms with Gasteiger partial charge in [0, 0.05) is 17.9 Å². The lowest BCUT2D eigenvalue weighted by Crippen LogP contribution is -2.23. The van der Waals surface area contributed by atoms with Crippen LogP contribution in [0, 0.1) is 11.3 Å². The number of benzene rings is 2. The summed E-state index contributed by atoms with van der Waals surface area (Å²) in [5.74, 6) is -0.324. The first-order valence-corrected chi connectivity index (χ1v) is 8.92. The summed E-state index contributed by atoms with van der Waals surface area (Å²) in [6.45, 7) is 7.11. The van der Waals surface area contributed by atoms with Gasteiger partial charge in [0.15, 0.2) is 6.04 Å². The third kappa shape index (κ3) is 4.76. The number of rotatable bonds is 8. The number of carbonyl (C=O) groups is 1. The number of hydrogen-bond donors (Lipinski definition) is 2. The molecule has 0 aliphatic carbocycles. The SMILES string of the molecule is CCNc1ccc(C(Nc2ccc(C#N)cc2)C(=O)OCC)cc1CC. The highest BCUT2D eigenvalue weighted by molar-refractivity contribution is 5.81. The Morgan fingerprint density at radius 2 is 1.88 bits per heavy atom. The summed E-state index contributed by atoms with van der Waals surface area (Å²) in [6, 6.07) is 14.5. The molecule has 1 unspecified atom stereocenters. The molecule has 5 nitrogen and oxygen atoms in total. The summed E-state index contributed by atoms with van der Waals surface area (Å²) in [4.78, 5) is 12.5. The summed E-state index contributed by atoms with van der Waals surface area (Å²) in [5.41, 5.74) is 4.42. The van der Waals surface area contributed by atoms with Gasteiger partial charge in [-0.05, 0) is 61.7 Å². The number of nitrogens with one attached hydrogen (secondary N) is 2. The predicted molar refractivity (Wildman–Crippen MR) is 104 cm³/mol. The van der Waals surface area contributed by atoms with Crippen molar-refractivity contribution in [1.29, 1.82) is 5.26 Å². The first kappa shape index (κ1) is 19.3. The van der Waals surface area contributed by atoms with Crippen molar-refractivity contribution >= 4 is 17.3 Å². The topological polar surface area (TPSA) is 74.1 Å². The fraction of sp³-hybridized carbons (Fsp3) is 0.333. The number of nitrogens with zero attached hydrogens (tertiary/aromatic N) is 1. The van der Waals surface area contributed by atoms with Crippen LogP contribution in [-0.4, -0.2) is 19.1 Å². The fourth-order valence-electron chi connectivity index (χ4n) is 2.76. The summed E-state index contributed by atoms with van der Waals surface area (Å²) in [6.07, 6.45) is 0.864. The molecule has 0 fully saturated rings. The zero-order valence-electron chi connectivity index (χ0n) is 15.5. The molecule has 0 spiro atoms. The first-order chi connectivity index (χ1) is 12.6. The maximum Gasteiger partial charge on any atom is 0.333 e. The minimum absolute atomic E-state index is 0.320. The molecule has 1 atom stereocenters. The summed E-state index contributed by atoms with van der Waals surface area (Å²) in [7, 11) is 0. The maximum atomic E-state index is 12.5. The molecule has 5 heteroatoms. The van der Waals surface area contributed by atoms with Crippen molar-refractivity contribution in [2.24, 2.45) is 0 Å². The molecule has 26 heavy (non-hydrogen) atoms. The number of carbonyl (C=O) groups excluding carboxylic acids is 1. The number of ether oxygens (including phenoxy) is 1. The summed E-state index contributed by atoms with van der Waals surface area (Å²) in [5, 5.41) is 15.5. The van der Waals surface area contributed by atoms with Crippen molar-refractivity contribution in [1.82, 2.24) is 0 Å². The summed E-state index contributed by atoms with van der Waals surface area (Å²) < 4.78 is 5.26. The van der Waals surface area contributed by atoms with Crippen molar-refractivity contribution in [3.05, 3.63) is 59.2 Å². The maximum absolute atomic E-state index is 12.5. The number of esters is 1. The fourth-order valence-corrected chi connectivity index (χ4v) is 2.76. The summed E-state index contributed by atoms with van der Waals surface area (Å²) >= 11 is 0. The van der Waals surface area contributed by atoms with E-state index in [1.54, 1.807) is 31.2 Å². The van der Waals surface area contributed by atoms with Crippen molar-refractivity contribution in [2.45, 2.75) is 33.2 Å². The second-order valence-electron chi connectivity index (χ2n) is 5.82. The number of hydrogen-bond acceptors (Lipinski definition) is 5. The molecule has 0 radical (unpaired) electrons. The largest absolute Gasteiger partial charge is 0.464 e. The van der Waals surface area contributed by atoms with Gasteiger partial charge in [-0.1, -0.05) is 19.1 Å². The van der Waals surface area contributed by atoms with Crippen LogP contribution < -0.4 is 10.6 Å².